The number of anilines is 2. The van der Waals surface area contributed by atoms with Gasteiger partial charge in [-0.3, -0.25) is 0 Å². The first kappa shape index (κ1) is 24.0. The summed E-state index contributed by atoms with van der Waals surface area (Å²) in [7, 11) is 2.18. The van der Waals surface area contributed by atoms with Crippen molar-refractivity contribution in [1.82, 2.24) is 14.9 Å². The van der Waals surface area contributed by atoms with Crippen LogP contribution in [-0.4, -0.2) is 43.7 Å². The highest BCUT2D eigenvalue weighted by atomic mass is 127. The van der Waals surface area contributed by atoms with Crippen molar-refractivity contribution in [1.29, 1.82) is 0 Å². The van der Waals surface area contributed by atoms with Crippen molar-refractivity contribution < 1.29 is 5.11 Å². The minimum Gasteiger partial charge on any atom is -0.382 e. The monoisotopic (exact) mass is 573 g/mol. The van der Waals surface area contributed by atoms with Crippen LogP contribution in [0.2, 0.25) is 0 Å². The summed E-state index contributed by atoms with van der Waals surface area (Å²) >= 11 is 3.66. The molecule has 2 aromatic heterocycles. The maximum absolute atomic E-state index is 9.81. The summed E-state index contributed by atoms with van der Waals surface area (Å²) in [6.07, 6.45) is 6.10. The number of pyridine rings is 1. The predicted octanol–water partition coefficient (Wildman–Crippen LogP) is 4.70. The van der Waals surface area contributed by atoms with E-state index in [2.05, 4.69) is 34.1 Å². The molecule has 172 valence electrons. The predicted molar refractivity (Wildman–Crippen MR) is 145 cm³/mol. The summed E-state index contributed by atoms with van der Waals surface area (Å²) in [5.41, 5.74) is 9.90. The van der Waals surface area contributed by atoms with Crippen LogP contribution in [0, 0.1) is 11.8 Å². The first-order valence-corrected chi connectivity index (χ1v) is 12.8. The molecule has 0 aliphatic carbocycles. The Balaban J connectivity index is 1.46. The number of halogens is 1. The highest BCUT2D eigenvalue weighted by molar-refractivity contribution is 14.1. The third-order valence-corrected chi connectivity index (χ3v) is 7.12. The van der Waals surface area contributed by atoms with Gasteiger partial charge in [0.1, 0.15) is 5.82 Å². The summed E-state index contributed by atoms with van der Waals surface area (Å²) in [5.74, 6) is 6.87. The molecule has 1 unspecified atom stereocenters. The lowest BCUT2D eigenvalue weighted by atomic mass is 9.98. The van der Waals surface area contributed by atoms with Crippen molar-refractivity contribution in [3.05, 3.63) is 58.9 Å². The molecule has 4 rings (SSSR count). The van der Waals surface area contributed by atoms with Crippen LogP contribution >= 0.6 is 33.9 Å². The van der Waals surface area contributed by atoms with Crippen LogP contribution in [0.4, 0.5) is 11.5 Å². The van der Waals surface area contributed by atoms with Gasteiger partial charge < -0.3 is 21.1 Å². The van der Waals surface area contributed by atoms with Gasteiger partial charge in [-0.2, -0.15) is 0 Å². The molecule has 3 aromatic rings. The maximum Gasteiger partial charge on any atom is 0.174 e. The molecule has 0 radical (unpaired) electrons. The van der Waals surface area contributed by atoms with Crippen LogP contribution in [0.3, 0.4) is 0 Å². The number of alkyl halides is 1. The van der Waals surface area contributed by atoms with E-state index in [0.29, 0.717) is 18.3 Å². The molecule has 1 atom stereocenters. The van der Waals surface area contributed by atoms with Gasteiger partial charge in [0.2, 0.25) is 0 Å². The number of likely N-dealkylation sites (tertiary alicyclic amines) is 1. The van der Waals surface area contributed by atoms with Gasteiger partial charge in [0.15, 0.2) is 3.61 Å². The lowest BCUT2D eigenvalue weighted by Gasteiger charge is -2.27. The van der Waals surface area contributed by atoms with Gasteiger partial charge in [0.25, 0.3) is 0 Å². The van der Waals surface area contributed by atoms with Gasteiger partial charge in [-0.1, -0.05) is 24.0 Å². The van der Waals surface area contributed by atoms with Crippen LogP contribution in [0.15, 0.2) is 42.7 Å². The highest BCUT2D eigenvalue weighted by Gasteiger charge is 2.21. The second-order valence-corrected chi connectivity index (χ2v) is 11.7. The first-order chi connectivity index (χ1) is 15.8. The quantitative estimate of drug-likeness (QED) is 0.233. The van der Waals surface area contributed by atoms with Gasteiger partial charge in [0, 0.05) is 36.0 Å². The van der Waals surface area contributed by atoms with Crippen LogP contribution < -0.4 is 11.1 Å². The molecule has 0 saturated carbocycles. The molecule has 3 heterocycles. The Labute approximate surface area is 212 Å². The summed E-state index contributed by atoms with van der Waals surface area (Å²) < 4.78 is -1.05. The fourth-order valence-electron chi connectivity index (χ4n) is 3.76. The van der Waals surface area contributed by atoms with Crippen LogP contribution in [0.25, 0.3) is 10.4 Å². The Morgan fingerprint density at radius 2 is 2.06 bits per heavy atom. The smallest absolute Gasteiger partial charge is 0.174 e. The number of hydrogen-bond donors (Lipinski definition) is 3. The van der Waals surface area contributed by atoms with Gasteiger partial charge >= 0.3 is 0 Å². The van der Waals surface area contributed by atoms with E-state index in [-0.39, 0.29) is 0 Å². The van der Waals surface area contributed by atoms with Crippen LogP contribution in [0.5, 0.6) is 0 Å². The van der Waals surface area contributed by atoms with Gasteiger partial charge in [-0.15, -0.1) is 11.3 Å². The average molecular weight is 574 g/mol. The molecule has 1 aliphatic heterocycles. The molecule has 1 aliphatic rings. The van der Waals surface area contributed by atoms with E-state index in [1.54, 1.807) is 18.3 Å². The van der Waals surface area contributed by atoms with E-state index >= 15 is 0 Å². The van der Waals surface area contributed by atoms with E-state index in [4.69, 9.17) is 10.7 Å². The van der Waals surface area contributed by atoms with Crippen molar-refractivity contribution in [2.45, 2.75) is 35.8 Å². The van der Waals surface area contributed by atoms with Crippen molar-refractivity contribution in [2.24, 2.45) is 0 Å². The van der Waals surface area contributed by atoms with Crippen molar-refractivity contribution in [3.63, 3.8) is 0 Å². The number of benzene rings is 1. The number of aliphatic hydroxyl groups is 1. The molecule has 33 heavy (non-hydrogen) atoms. The SMILES string of the molecule is CN1CCC(c2ncc(-c3cnc(N)c(NCc4cccc(C#CC(C)(O)I)c4)c3)s2)CC1. The lowest BCUT2D eigenvalue weighted by Crippen LogP contribution is -2.29. The highest BCUT2D eigenvalue weighted by Crippen LogP contribution is 2.35. The van der Waals surface area contributed by atoms with E-state index in [1.807, 2.05) is 65.3 Å². The number of nitrogens with zero attached hydrogens (tertiary/aromatic N) is 3. The molecule has 4 N–H and O–H groups in total. The van der Waals surface area contributed by atoms with Gasteiger partial charge in [-0.05, 0) is 86.3 Å². The zero-order valence-electron chi connectivity index (χ0n) is 18.8. The topological polar surface area (TPSA) is 87.3 Å². The molecule has 1 aromatic carbocycles. The summed E-state index contributed by atoms with van der Waals surface area (Å²) in [4.78, 5) is 12.6. The van der Waals surface area contributed by atoms with Crippen molar-refractivity contribution >= 4 is 45.4 Å². The van der Waals surface area contributed by atoms with E-state index in [0.717, 1.165) is 53.2 Å². The second kappa shape index (κ2) is 10.4. The number of piperidine rings is 1. The van der Waals surface area contributed by atoms with E-state index < -0.39 is 3.61 Å². The van der Waals surface area contributed by atoms with E-state index in [1.165, 1.54) is 5.01 Å². The van der Waals surface area contributed by atoms with Crippen molar-refractivity contribution in [2.75, 3.05) is 31.2 Å². The van der Waals surface area contributed by atoms with Crippen LogP contribution in [-0.2, 0) is 6.54 Å². The number of nitrogens with one attached hydrogen (secondary N) is 1. The maximum atomic E-state index is 9.81. The number of nitrogens with two attached hydrogens (primary N) is 1. The van der Waals surface area contributed by atoms with Crippen molar-refractivity contribution in [3.8, 4) is 22.3 Å². The molecule has 1 saturated heterocycles. The standard InChI is InChI=1S/C25H28IN5OS/c1-25(26,32)9-6-17-4-3-5-18(12-17)14-28-21-13-20(15-29-23(21)27)22-16-30-24(33-22)19-7-10-31(2)11-8-19/h3-5,12-13,15-16,19,28,32H,7-8,10-11,14H2,1-2H3,(H2,27,29). The molecule has 1 fully saturated rings. The fourth-order valence-corrected chi connectivity index (χ4v) is 4.96. The summed E-state index contributed by atoms with van der Waals surface area (Å²) in [6, 6.07) is 9.98. The minimum atomic E-state index is -1.05. The summed E-state index contributed by atoms with van der Waals surface area (Å²) in [5, 5.41) is 14.4. The number of rotatable bonds is 5. The zero-order valence-corrected chi connectivity index (χ0v) is 21.8. The molecule has 0 bridgehead atoms. The Morgan fingerprint density at radius 1 is 1.27 bits per heavy atom. The Hall–Kier alpha value is -2.19. The Morgan fingerprint density at radius 3 is 2.82 bits per heavy atom. The number of thiazole rings is 1. The lowest BCUT2D eigenvalue weighted by molar-refractivity contribution is 0.236. The molecule has 0 spiro atoms. The van der Waals surface area contributed by atoms with E-state index in [9.17, 15) is 5.11 Å². The molecule has 6 nitrogen and oxygen atoms in total. The Kier molecular flexibility index (Phi) is 7.54. The average Bonchev–Trinajstić information content (AvgIpc) is 3.28. The molecular weight excluding hydrogens is 545 g/mol. The number of nitrogen functional groups attached to an aromatic ring is 1. The fraction of sp³-hybridized carbons (Fsp3) is 0.360. The number of hydrogen-bond acceptors (Lipinski definition) is 7. The second-order valence-electron chi connectivity index (χ2n) is 8.55. The molecular formula is C25H28IN5OS. The number of aromatic nitrogens is 2. The third-order valence-electron chi connectivity index (χ3n) is 5.64. The van der Waals surface area contributed by atoms with Crippen LogP contribution in [0.1, 0.15) is 41.8 Å². The normalized spacial score (nSPS) is 16.6. The molecule has 8 heteroatoms. The van der Waals surface area contributed by atoms with Gasteiger partial charge in [0.05, 0.1) is 15.6 Å². The Bertz CT molecular complexity index is 1170. The minimum absolute atomic E-state index is 0.468. The van der Waals surface area contributed by atoms with Gasteiger partial charge in [-0.25, -0.2) is 9.97 Å². The summed E-state index contributed by atoms with van der Waals surface area (Å²) in [6.45, 7) is 4.51. The first-order valence-electron chi connectivity index (χ1n) is 10.9. The molecule has 0 amide bonds. The zero-order chi connectivity index (χ0) is 23.4. The third kappa shape index (κ3) is 6.67. The largest absolute Gasteiger partial charge is 0.382 e.